The van der Waals surface area contributed by atoms with Crippen molar-refractivity contribution in [3.63, 3.8) is 0 Å². The number of fused-ring (bicyclic) bond motifs is 1. The molecule has 0 radical (unpaired) electrons. The Hall–Kier alpha value is -0.800. The van der Waals surface area contributed by atoms with Crippen LogP contribution in [-0.2, 0) is 6.42 Å². The summed E-state index contributed by atoms with van der Waals surface area (Å²) in [6.07, 6.45) is 6.94. The van der Waals surface area contributed by atoms with E-state index < -0.39 is 5.60 Å². The monoisotopic (exact) mass is 249 g/mol. The third-order valence-electron chi connectivity index (χ3n) is 4.51. The van der Waals surface area contributed by atoms with Crippen LogP contribution >= 0.6 is 0 Å². The van der Waals surface area contributed by atoms with Gasteiger partial charge >= 0.3 is 0 Å². The van der Waals surface area contributed by atoms with Gasteiger partial charge < -0.3 is 14.8 Å². The first-order valence-corrected chi connectivity index (χ1v) is 7.00. The van der Waals surface area contributed by atoms with Gasteiger partial charge in [-0.1, -0.05) is 13.8 Å². The second-order valence-corrected chi connectivity index (χ2v) is 6.86. The molecule has 2 aliphatic carbocycles. The standard InChI is InChI=1S/C15H23NO2/c1-14(2)8-12(11-4-7-18-13(11)9-14)16-10-15(17)5-3-6-15/h4,7,12,16-17H,3,5-6,8-10H2,1-2H3. The molecule has 0 bridgehead atoms. The van der Waals surface area contributed by atoms with E-state index in [0.29, 0.717) is 12.6 Å². The molecule has 3 rings (SSSR count). The van der Waals surface area contributed by atoms with Gasteiger partial charge in [0.05, 0.1) is 11.9 Å². The Bertz CT molecular complexity index is 431. The van der Waals surface area contributed by atoms with Crippen LogP contribution in [0, 0.1) is 5.41 Å². The second kappa shape index (κ2) is 4.10. The van der Waals surface area contributed by atoms with Crippen LogP contribution in [0.4, 0.5) is 0 Å². The molecule has 0 aliphatic heterocycles. The van der Waals surface area contributed by atoms with Crippen LogP contribution in [0.2, 0.25) is 0 Å². The quantitative estimate of drug-likeness (QED) is 0.866. The molecule has 0 spiro atoms. The van der Waals surface area contributed by atoms with Crippen LogP contribution in [0.25, 0.3) is 0 Å². The largest absolute Gasteiger partial charge is 0.469 e. The molecular formula is C15H23NO2. The van der Waals surface area contributed by atoms with E-state index in [4.69, 9.17) is 4.42 Å². The summed E-state index contributed by atoms with van der Waals surface area (Å²) in [6.45, 7) is 5.27. The number of furan rings is 1. The van der Waals surface area contributed by atoms with E-state index in [1.165, 1.54) is 5.56 Å². The number of nitrogens with one attached hydrogen (secondary N) is 1. The Labute approximate surface area is 109 Å². The second-order valence-electron chi connectivity index (χ2n) is 6.86. The Morgan fingerprint density at radius 3 is 2.89 bits per heavy atom. The lowest BCUT2D eigenvalue weighted by molar-refractivity contribution is -0.0345. The zero-order chi connectivity index (χ0) is 12.8. The van der Waals surface area contributed by atoms with E-state index in [0.717, 1.165) is 37.9 Å². The minimum atomic E-state index is -0.453. The summed E-state index contributed by atoms with van der Waals surface area (Å²) >= 11 is 0. The predicted molar refractivity (Wildman–Crippen MR) is 70.4 cm³/mol. The fourth-order valence-electron chi connectivity index (χ4n) is 3.23. The maximum Gasteiger partial charge on any atom is 0.109 e. The number of hydrogen-bond acceptors (Lipinski definition) is 3. The molecule has 2 aliphatic rings. The average molecular weight is 249 g/mol. The molecular weight excluding hydrogens is 226 g/mol. The first-order chi connectivity index (χ1) is 8.48. The third kappa shape index (κ3) is 2.21. The van der Waals surface area contributed by atoms with Crippen molar-refractivity contribution in [2.75, 3.05) is 6.54 Å². The van der Waals surface area contributed by atoms with Crippen LogP contribution in [0.5, 0.6) is 0 Å². The van der Waals surface area contributed by atoms with E-state index >= 15 is 0 Å². The Morgan fingerprint density at radius 2 is 2.22 bits per heavy atom. The van der Waals surface area contributed by atoms with Gasteiger partial charge in [0.1, 0.15) is 5.76 Å². The molecule has 18 heavy (non-hydrogen) atoms. The molecule has 0 amide bonds. The molecule has 1 atom stereocenters. The number of aliphatic hydroxyl groups is 1. The predicted octanol–water partition coefficient (Wildman–Crippen LogP) is 2.80. The molecule has 0 aromatic carbocycles. The molecule has 1 unspecified atom stereocenters. The van der Waals surface area contributed by atoms with E-state index in [1.807, 2.05) is 0 Å². The van der Waals surface area contributed by atoms with Crippen molar-refractivity contribution < 1.29 is 9.52 Å². The number of hydrogen-bond donors (Lipinski definition) is 2. The van der Waals surface area contributed by atoms with Crippen molar-refractivity contribution in [3.8, 4) is 0 Å². The summed E-state index contributed by atoms with van der Waals surface area (Å²) in [5, 5.41) is 13.7. The Morgan fingerprint density at radius 1 is 1.44 bits per heavy atom. The molecule has 3 heteroatoms. The summed E-state index contributed by atoms with van der Waals surface area (Å²) in [6, 6.07) is 2.40. The van der Waals surface area contributed by atoms with Crippen LogP contribution in [-0.4, -0.2) is 17.3 Å². The Balaban J connectivity index is 1.72. The molecule has 1 heterocycles. The SMILES string of the molecule is CC1(C)Cc2occc2C(NCC2(O)CCC2)C1. The molecule has 0 saturated heterocycles. The molecule has 1 aromatic heterocycles. The molecule has 1 fully saturated rings. The van der Waals surface area contributed by atoms with Crippen molar-refractivity contribution >= 4 is 0 Å². The zero-order valence-corrected chi connectivity index (χ0v) is 11.3. The van der Waals surface area contributed by atoms with Crippen molar-refractivity contribution in [1.82, 2.24) is 5.32 Å². The highest BCUT2D eigenvalue weighted by molar-refractivity contribution is 5.26. The van der Waals surface area contributed by atoms with Crippen LogP contribution in [0.1, 0.15) is 56.9 Å². The first kappa shape index (κ1) is 12.2. The van der Waals surface area contributed by atoms with Crippen molar-refractivity contribution in [3.05, 3.63) is 23.7 Å². The average Bonchev–Trinajstić information content (AvgIpc) is 2.69. The molecule has 3 nitrogen and oxygen atoms in total. The first-order valence-electron chi connectivity index (χ1n) is 7.00. The van der Waals surface area contributed by atoms with E-state index in [9.17, 15) is 5.11 Å². The van der Waals surface area contributed by atoms with Crippen LogP contribution in [0.15, 0.2) is 16.7 Å². The highest BCUT2D eigenvalue weighted by atomic mass is 16.3. The minimum absolute atomic E-state index is 0.269. The fraction of sp³-hybridized carbons (Fsp3) is 0.733. The van der Waals surface area contributed by atoms with E-state index in [1.54, 1.807) is 6.26 Å². The topological polar surface area (TPSA) is 45.4 Å². The molecule has 1 saturated carbocycles. The Kier molecular flexibility index (Phi) is 2.79. The van der Waals surface area contributed by atoms with Gasteiger partial charge in [-0.05, 0) is 37.2 Å². The molecule has 100 valence electrons. The van der Waals surface area contributed by atoms with E-state index in [-0.39, 0.29) is 5.41 Å². The highest BCUT2D eigenvalue weighted by Gasteiger charge is 2.38. The van der Waals surface area contributed by atoms with Gasteiger partial charge in [0.15, 0.2) is 0 Å². The van der Waals surface area contributed by atoms with E-state index in [2.05, 4.69) is 25.2 Å². The van der Waals surface area contributed by atoms with Gasteiger partial charge in [-0.2, -0.15) is 0 Å². The van der Waals surface area contributed by atoms with Gasteiger partial charge in [-0.25, -0.2) is 0 Å². The zero-order valence-electron chi connectivity index (χ0n) is 11.3. The van der Waals surface area contributed by atoms with Gasteiger partial charge in [0, 0.05) is 24.6 Å². The van der Waals surface area contributed by atoms with Gasteiger partial charge in [-0.3, -0.25) is 0 Å². The van der Waals surface area contributed by atoms with Gasteiger partial charge in [0.2, 0.25) is 0 Å². The van der Waals surface area contributed by atoms with Crippen LogP contribution in [0.3, 0.4) is 0 Å². The highest BCUT2D eigenvalue weighted by Crippen LogP contribution is 2.41. The van der Waals surface area contributed by atoms with Gasteiger partial charge in [-0.15, -0.1) is 0 Å². The summed E-state index contributed by atoms with van der Waals surface area (Å²) in [5.74, 6) is 1.12. The summed E-state index contributed by atoms with van der Waals surface area (Å²) in [4.78, 5) is 0. The molecule has 2 N–H and O–H groups in total. The lowest BCUT2D eigenvalue weighted by atomic mass is 9.74. The van der Waals surface area contributed by atoms with Gasteiger partial charge in [0.25, 0.3) is 0 Å². The smallest absolute Gasteiger partial charge is 0.109 e. The van der Waals surface area contributed by atoms with Crippen molar-refractivity contribution in [1.29, 1.82) is 0 Å². The minimum Gasteiger partial charge on any atom is -0.469 e. The number of rotatable bonds is 3. The maximum absolute atomic E-state index is 10.2. The summed E-state index contributed by atoms with van der Waals surface area (Å²) in [5.41, 5.74) is 1.10. The fourth-order valence-corrected chi connectivity index (χ4v) is 3.23. The maximum atomic E-state index is 10.2. The summed E-state index contributed by atoms with van der Waals surface area (Å²) in [7, 11) is 0. The van der Waals surface area contributed by atoms with Crippen molar-refractivity contribution in [2.45, 2.75) is 57.6 Å². The molecule has 1 aromatic rings. The third-order valence-corrected chi connectivity index (χ3v) is 4.51. The normalized spacial score (nSPS) is 28.5. The van der Waals surface area contributed by atoms with Crippen LogP contribution < -0.4 is 5.32 Å². The van der Waals surface area contributed by atoms with Crippen molar-refractivity contribution in [2.24, 2.45) is 5.41 Å². The summed E-state index contributed by atoms with van der Waals surface area (Å²) < 4.78 is 5.59. The lowest BCUT2D eigenvalue weighted by Crippen LogP contribution is -2.48. The lowest BCUT2D eigenvalue weighted by Gasteiger charge is -2.40.